The number of allylic oxidation sites excluding steroid dienone is 2. The fourth-order valence-electron chi connectivity index (χ4n) is 0.888. The van der Waals surface area contributed by atoms with E-state index in [0.717, 1.165) is 25.1 Å². The summed E-state index contributed by atoms with van der Waals surface area (Å²) in [5.41, 5.74) is 7.75. The Morgan fingerprint density at radius 2 is 2.00 bits per heavy atom. The van der Waals surface area contributed by atoms with Crippen LogP contribution in [0.4, 0.5) is 0 Å². The summed E-state index contributed by atoms with van der Waals surface area (Å²) in [6.45, 7) is 7.14. The highest BCUT2D eigenvalue weighted by Crippen LogP contribution is 2.02. The highest BCUT2D eigenvalue weighted by atomic mass is 14.9. The molecule has 0 atom stereocenters. The second-order valence-corrected chi connectivity index (χ2v) is 2.44. The van der Waals surface area contributed by atoms with Crippen LogP contribution in [-0.4, -0.2) is 6.54 Å². The van der Waals surface area contributed by atoms with Gasteiger partial charge in [-0.1, -0.05) is 13.3 Å². The van der Waals surface area contributed by atoms with Gasteiger partial charge in [0.1, 0.15) is 0 Å². The Hall–Kier alpha value is -0.660. The molecule has 3 N–H and O–H groups in total. The van der Waals surface area contributed by atoms with Gasteiger partial charge >= 0.3 is 0 Å². The summed E-state index contributed by atoms with van der Waals surface area (Å²) < 4.78 is 0. The molecular formula is C8H18N2. The minimum Gasteiger partial charge on any atom is -0.401 e. The van der Waals surface area contributed by atoms with Gasteiger partial charge in [0.2, 0.25) is 0 Å². The summed E-state index contributed by atoms with van der Waals surface area (Å²) in [6, 6.07) is 0. The Balaban J connectivity index is 3.86. The van der Waals surface area contributed by atoms with Gasteiger partial charge in [0.15, 0.2) is 0 Å². The zero-order chi connectivity index (χ0) is 7.98. The summed E-state index contributed by atoms with van der Waals surface area (Å²) in [4.78, 5) is 0. The molecule has 0 aromatic rings. The molecule has 2 nitrogen and oxygen atoms in total. The van der Waals surface area contributed by atoms with Crippen LogP contribution in [0.15, 0.2) is 11.4 Å². The normalized spacial score (nSPS) is 12.7. The molecule has 0 aliphatic heterocycles. The largest absolute Gasteiger partial charge is 0.401 e. The fraction of sp³-hybridized carbons (Fsp3) is 0.750. The monoisotopic (exact) mass is 142 g/mol. The molecule has 0 radical (unpaired) electrons. The number of nitrogens with two attached hydrogens (primary N) is 1. The van der Waals surface area contributed by atoms with E-state index in [1.807, 2.05) is 6.92 Å². The second kappa shape index (κ2) is 5.15. The van der Waals surface area contributed by atoms with E-state index in [4.69, 9.17) is 5.73 Å². The molecule has 0 amide bonds. The van der Waals surface area contributed by atoms with E-state index in [1.54, 1.807) is 0 Å². The lowest BCUT2D eigenvalue weighted by Gasteiger charge is -2.08. The second-order valence-electron chi connectivity index (χ2n) is 2.44. The van der Waals surface area contributed by atoms with Crippen LogP contribution in [-0.2, 0) is 0 Å². The first kappa shape index (κ1) is 9.34. The smallest absolute Gasteiger partial charge is 0.0294 e. The van der Waals surface area contributed by atoms with Crippen molar-refractivity contribution in [1.82, 2.24) is 5.32 Å². The highest BCUT2D eigenvalue weighted by Gasteiger charge is 1.94. The first-order chi connectivity index (χ1) is 4.72. The molecule has 0 aromatic carbocycles. The van der Waals surface area contributed by atoms with Gasteiger partial charge in [0.25, 0.3) is 0 Å². The Bertz CT molecular complexity index is 104. The van der Waals surface area contributed by atoms with E-state index < -0.39 is 0 Å². The van der Waals surface area contributed by atoms with Crippen molar-refractivity contribution < 1.29 is 0 Å². The standard InChI is InChI=1S/C8H18N2/c1-4-6-8(7(3)9)10-5-2/h10H,4-6,9H2,1-3H3/b8-7-. The molecule has 0 heterocycles. The van der Waals surface area contributed by atoms with Gasteiger partial charge in [-0.25, -0.2) is 0 Å². The van der Waals surface area contributed by atoms with Gasteiger partial charge in [-0.05, 0) is 20.3 Å². The molecular weight excluding hydrogens is 124 g/mol. The van der Waals surface area contributed by atoms with Crippen molar-refractivity contribution in [3.63, 3.8) is 0 Å². The third-order valence-electron chi connectivity index (χ3n) is 1.37. The molecule has 0 spiro atoms. The van der Waals surface area contributed by atoms with Crippen LogP contribution >= 0.6 is 0 Å². The van der Waals surface area contributed by atoms with Gasteiger partial charge < -0.3 is 11.1 Å². The summed E-state index contributed by atoms with van der Waals surface area (Å²) in [5, 5.41) is 3.24. The number of hydrogen-bond donors (Lipinski definition) is 2. The predicted molar refractivity (Wildman–Crippen MR) is 45.5 cm³/mol. The van der Waals surface area contributed by atoms with Crippen LogP contribution in [0.5, 0.6) is 0 Å². The molecule has 0 aliphatic rings. The average Bonchev–Trinajstić information content (AvgIpc) is 1.87. The summed E-state index contributed by atoms with van der Waals surface area (Å²) >= 11 is 0. The molecule has 0 bridgehead atoms. The lowest BCUT2D eigenvalue weighted by atomic mass is 10.2. The van der Waals surface area contributed by atoms with Crippen molar-refractivity contribution in [2.75, 3.05) is 6.54 Å². The number of nitrogens with one attached hydrogen (secondary N) is 1. The molecule has 0 aromatic heterocycles. The van der Waals surface area contributed by atoms with Crippen LogP contribution < -0.4 is 11.1 Å². The van der Waals surface area contributed by atoms with E-state index in [1.165, 1.54) is 5.70 Å². The molecule has 0 unspecified atom stereocenters. The highest BCUT2D eigenvalue weighted by molar-refractivity contribution is 5.06. The first-order valence-corrected chi connectivity index (χ1v) is 3.91. The minimum absolute atomic E-state index is 0.920. The van der Waals surface area contributed by atoms with Crippen LogP contribution in [0.25, 0.3) is 0 Å². The summed E-state index contributed by atoms with van der Waals surface area (Å²) in [7, 11) is 0. The first-order valence-electron chi connectivity index (χ1n) is 3.91. The van der Waals surface area contributed by atoms with E-state index in [9.17, 15) is 0 Å². The Labute approximate surface area is 63.5 Å². The van der Waals surface area contributed by atoms with Gasteiger partial charge in [-0.15, -0.1) is 0 Å². The lowest BCUT2D eigenvalue weighted by Crippen LogP contribution is -2.16. The molecule has 2 heteroatoms. The third kappa shape index (κ3) is 3.38. The maximum Gasteiger partial charge on any atom is 0.0294 e. The van der Waals surface area contributed by atoms with Crippen LogP contribution in [0.3, 0.4) is 0 Å². The van der Waals surface area contributed by atoms with Gasteiger partial charge in [-0.3, -0.25) is 0 Å². The van der Waals surface area contributed by atoms with Crippen LogP contribution in [0.1, 0.15) is 33.6 Å². The lowest BCUT2D eigenvalue weighted by molar-refractivity contribution is 0.744. The SMILES string of the molecule is CCC/C(NCC)=C(\C)N. The van der Waals surface area contributed by atoms with E-state index >= 15 is 0 Å². The van der Waals surface area contributed by atoms with Crippen molar-refractivity contribution in [1.29, 1.82) is 0 Å². The summed E-state index contributed by atoms with van der Waals surface area (Å²) in [5.74, 6) is 0. The Morgan fingerprint density at radius 3 is 2.30 bits per heavy atom. The van der Waals surface area contributed by atoms with Gasteiger partial charge in [0, 0.05) is 17.9 Å². The van der Waals surface area contributed by atoms with Gasteiger partial charge in [0.05, 0.1) is 0 Å². The van der Waals surface area contributed by atoms with Crippen molar-refractivity contribution in [2.45, 2.75) is 33.6 Å². The molecule has 0 saturated carbocycles. The maximum absolute atomic E-state index is 5.63. The number of hydrogen-bond acceptors (Lipinski definition) is 2. The van der Waals surface area contributed by atoms with Crippen molar-refractivity contribution in [3.8, 4) is 0 Å². The average molecular weight is 142 g/mol. The van der Waals surface area contributed by atoms with E-state index in [2.05, 4.69) is 19.2 Å². The predicted octanol–water partition coefficient (Wildman–Crippen LogP) is 1.59. The zero-order valence-electron chi connectivity index (χ0n) is 7.20. The molecule has 60 valence electrons. The van der Waals surface area contributed by atoms with E-state index in [-0.39, 0.29) is 0 Å². The van der Waals surface area contributed by atoms with Crippen LogP contribution in [0, 0.1) is 0 Å². The third-order valence-corrected chi connectivity index (χ3v) is 1.37. The molecule has 0 saturated heterocycles. The van der Waals surface area contributed by atoms with Crippen LogP contribution in [0.2, 0.25) is 0 Å². The molecule has 0 rings (SSSR count). The fourth-order valence-corrected chi connectivity index (χ4v) is 0.888. The van der Waals surface area contributed by atoms with Crippen molar-refractivity contribution >= 4 is 0 Å². The molecule has 0 fully saturated rings. The topological polar surface area (TPSA) is 38.0 Å². The summed E-state index contributed by atoms with van der Waals surface area (Å²) in [6.07, 6.45) is 2.22. The number of rotatable bonds is 4. The molecule has 10 heavy (non-hydrogen) atoms. The molecule has 0 aliphatic carbocycles. The van der Waals surface area contributed by atoms with Crippen molar-refractivity contribution in [2.24, 2.45) is 5.73 Å². The Morgan fingerprint density at radius 1 is 1.40 bits per heavy atom. The van der Waals surface area contributed by atoms with Crippen molar-refractivity contribution in [3.05, 3.63) is 11.4 Å². The minimum atomic E-state index is 0.920. The Kier molecular flexibility index (Phi) is 4.81. The maximum atomic E-state index is 5.63. The van der Waals surface area contributed by atoms with Gasteiger partial charge in [-0.2, -0.15) is 0 Å². The quantitative estimate of drug-likeness (QED) is 0.625. The van der Waals surface area contributed by atoms with E-state index in [0.29, 0.717) is 0 Å². The zero-order valence-corrected chi connectivity index (χ0v) is 7.20.